The average molecular weight is 155 g/mol. The van der Waals surface area contributed by atoms with Crippen LogP contribution in [0.25, 0.3) is 0 Å². The van der Waals surface area contributed by atoms with Crippen LogP contribution in [-0.4, -0.2) is 23.9 Å². The summed E-state index contributed by atoms with van der Waals surface area (Å²) in [5.41, 5.74) is 0. The highest BCUT2D eigenvalue weighted by Crippen LogP contribution is 2.28. The van der Waals surface area contributed by atoms with Crippen LogP contribution >= 0.6 is 0 Å². The van der Waals surface area contributed by atoms with Gasteiger partial charge in [-0.1, -0.05) is 19.8 Å². The number of hydrogen-bond acceptors (Lipinski definition) is 1. The Kier molecular flexibility index (Phi) is 2.53. The van der Waals surface area contributed by atoms with E-state index >= 15 is 0 Å². The summed E-state index contributed by atoms with van der Waals surface area (Å²) in [5.74, 6) is 0.672. The minimum absolute atomic E-state index is 0.333. The van der Waals surface area contributed by atoms with Crippen LogP contribution in [-0.2, 0) is 4.79 Å². The second-order valence-electron chi connectivity index (χ2n) is 3.44. The van der Waals surface area contributed by atoms with E-state index in [1.807, 2.05) is 11.9 Å². The van der Waals surface area contributed by atoms with E-state index in [1.165, 1.54) is 12.8 Å². The summed E-state index contributed by atoms with van der Waals surface area (Å²) in [7, 11) is 1.88. The molecule has 0 aliphatic carbocycles. The molecule has 1 rings (SSSR count). The van der Waals surface area contributed by atoms with Gasteiger partial charge in [0.1, 0.15) is 0 Å². The second-order valence-corrected chi connectivity index (χ2v) is 3.44. The van der Waals surface area contributed by atoms with Gasteiger partial charge < -0.3 is 4.90 Å². The number of unbranched alkanes of at least 4 members (excludes halogenated alkanes) is 1. The molecule has 11 heavy (non-hydrogen) atoms. The Hall–Kier alpha value is -0.530. The second kappa shape index (κ2) is 3.24. The maximum absolute atomic E-state index is 11.2. The molecule has 1 fully saturated rings. The molecule has 0 aromatic rings. The van der Waals surface area contributed by atoms with Gasteiger partial charge >= 0.3 is 0 Å². The monoisotopic (exact) mass is 155 g/mol. The number of β-lactam (4-membered cyclic amide) rings is 1. The highest BCUT2D eigenvalue weighted by molar-refractivity contribution is 5.85. The molecule has 0 N–H and O–H groups in total. The zero-order chi connectivity index (χ0) is 8.43. The lowest BCUT2D eigenvalue weighted by Crippen LogP contribution is -2.57. The van der Waals surface area contributed by atoms with Crippen LogP contribution in [0.4, 0.5) is 0 Å². The van der Waals surface area contributed by atoms with Crippen LogP contribution in [0.3, 0.4) is 0 Å². The van der Waals surface area contributed by atoms with Crippen molar-refractivity contribution in [3.8, 4) is 0 Å². The predicted molar refractivity (Wildman–Crippen MR) is 45.2 cm³/mol. The molecule has 1 heterocycles. The summed E-state index contributed by atoms with van der Waals surface area (Å²) >= 11 is 0. The van der Waals surface area contributed by atoms with Crippen LogP contribution < -0.4 is 0 Å². The molecular weight excluding hydrogens is 138 g/mol. The zero-order valence-electron chi connectivity index (χ0n) is 7.63. The first kappa shape index (κ1) is 8.57. The fourth-order valence-electron chi connectivity index (χ4n) is 1.65. The Balaban J connectivity index is 2.31. The number of carbonyl (C=O) groups is 1. The van der Waals surface area contributed by atoms with Crippen molar-refractivity contribution in [2.45, 2.75) is 39.2 Å². The van der Waals surface area contributed by atoms with Gasteiger partial charge in [-0.15, -0.1) is 0 Å². The van der Waals surface area contributed by atoms with Crippen molar-refractivity contribution in [3.63, 3.8) is 0 Å². The number of rotatable bonds is 3. The summed E-state index contributed by atoms with van der Waals surface area (Å²) < 4.78 is 0. The molecule has 64 valence electrons. The molecule has 2 atom stereocenters. The van der Waals surface area contributed by atoms with Gasteiger partial charge in [0, 0.05) is 13.1 Å². The SMILES string of the molecule is CCCCC1C(=O)N(C)C1C. The Morgan fingerprint density at radius 1 is 1.55 bits per heavy atom. The van der Waals surface area contributed by atoms with Gasteiger partial charge in [0.15, 0.2) is 0 Å². The van der Waals surface area contributed by atoms with Gasteiger partial charge in [0.25, 0.3) is 0 Å². The summed E-state index contributed by atoms with van der Waals surface area (Å²) in [4.78, 5) is 13.0. The van der Waals surface area contributed by atoms with Gasteiger partial charge in [0.05, 0.1) is 5.92 Å². The Morgan fingerprint density at radius 3 is 2.64 bits per heavy atom. The van der Waals surface area contributed by atoms with Gasteiger partial charge in [-0.25, -0.2) is 0 Å². The van der Waals surface area contributed by atoms with E-state index in [-0.39, 0.29) is 0 Å². The molecule has 0 bridgehead atoms. The molecule has 2 heteroatoms. The van der Waals surface area contributed by atoms with Gasteiger partial charge in [0.2, 0.25) is 5.91 Å². The number of nitrogens with zero attached hydrogens (tertiary/aromatic N) is 1. The highest BCUT2D eigenvalue weighted by Gasteiger charge is 2.40. The summed E-state index contributed by atoms with van der Waals surface area (Å²) in [6.07, 6.45) is 3.47. The van der Waals surface area contributed by atoms with Gasteiger partial charge in [-0.2, -0.15) is 0 Å². The van der Waals surface area contributed by atoms with E-state index in [9.17, 15) is 4.79 Å². The van der Waals surface area contributed by atoms with E-state index in [0.29, 0.717) is 17.9 Å². The Labute approximate surface area is 68.6 Å². The molecule has 0 aromatic carbocycles. The zero-order valence-corrected chi connectivity index (χ0v) is 7.63. The molecule has 0 aromatic heterocycles. The maximum atomic E-state index is 11.2. The number of carbonyl (C=O) groups excluding carboxylic acids is 1. The molecule has 2 nitrogen and oxygen atoms in total. The fraction of sp³-hybridized carbons (Fsp3) is 0.889. The topological polar surface area (TPSA) is 20.3 Å². The van der Waals surface area contributed by atoms with Crippen molar-refractivity contribution in [1.82, 2.24) is 4.90 Å². The molecule has 0 spiro atoms. The van der Waals surface area contributed by atoms with Crippen molar-refractivity contribution >= 4 is 5.91 Å². The van der Waals surface area contributed by atoms with E-state index in [4.69, 9.17) is 0 Å². The smallest absolute Gasteiger partial charge is 0.227 e. The van der Waals surface area contributed by atoms with E-state index in [0.717, 1.165) is 6.42 Å². The number of likely N-dealkylation sites (tertiary alicyclic amines) is 1. The predicted octanol–water partition coefficient (Wildman–Crippen LogP) is 1.65. The number of amides is 1. The fourth-order valence-corrected chi connectivity index (χ4v) is 1.65. The highest BCUT2D eigenvalue weighted by atomic mass is 16.2. The molecular formula is C9H17NO. The van der Waals surface area contributed by atoms with Crippen LogP contribution in [0.15, 0.2) is 0 Å². The molecule has 0 saturated carbocycles. The molecule has 2 unspecified atom stereocenters. The summed E-state index contributed by atoms with van der Waals surface area (Å²) in [6, 6.07) is 0.481. The van der Waals surface area contributed by atoms with Gasteiger partial charge in [-0.3, -0.25) is 4.79 Å². The molecule has 0 radical (unpaired) electrons. The quantitative estimate of drug-likeness (QED) is 0.567. The van der Waals surface area contributed by atoms with Crippen molar-refractivity contribution in [3.05, 3.63) is 0 Å². The third-order valence-electron chi connectivity index (χ3n) is 2.73. The van der Waals surface area contributed by atoms with Crippen LogP contribution in [0.2, 0.25) is 0 Å². The lowest BCUT2D eigenvalue weighted by molar-refractivity contribution is -0.152. The first-order chi connectivity index (χ1) is 5.18. The van der Waals surface area contributed by atoms with E-state index in [1.54, 1.807) is 0 Å². The van der Waals surface area contributed by atoms with Crippen molar-refractivity contribution in [2.75, 3.05) is 7.05 Å². The van der Waals surface area contributed by atoms with Gasteiger partial charge in [-0.05, 0) is 13.3 Å². The molecule has 1 aliphatic heterocycles. The van der Waals surface area contributed by atoms with Crippen molar-refractivity contribution < 1.29 is 4.79 Å². The first-order valence-corrected chi connectivity index (χ1v) is 4.45. The lowest BCUT2D eigenvalue weighted by Gasteiger charge is -2.43. The molecule has 1 aliphatic rings. The van der Waals surface area contributed by atoms with Crippen molar-refractivity contribution in [2.24, 2.45) is 5.92 Å². The third-order valence-corrected chi connectivity index (χ3v) is 2.73. The van der Waals surface area contributed by atoms with Crippen LogP contribution in [0, 0.1) is 5.92 Å². The number of hydrogen-bond donors (Lipinski definition) is 0. The van der Waals surface area contributed by atoms with Crippen molar-refractivity contribution in [1.29, 1.82) is 0 Å². The average Bonchev–Trinajstić information content (AvgIpc) is 2.04. The summed E-state index contributed by atoms with van der Waals surface area (Å²) in [6.45, 7) is 4.29. The minimum Gasteiger partial charge on any atom is -0.342 e. The third kappa shape index (κ3) is 1.39. The minimum atomic E-state index is 0.333. The Morgan fingerprint density at radius 2 is 2.18 bits per heavy atom. The summed E-state index contributed by atoms with van der Waals surface area (Å²) in [5, 5.41) is 0. The maximum Gasteiger partial charge on any atom is 0.227 e. The van der Waals surface area contributed by atoms with Crippen LogP contribution in [0.1, 0.15) is 33.1 Å². The standard InChI is InChI=1S/C9H17NO/c1-4-5-6-8-7(2)10(3)9(8)11/h7-8H,4-6H2,1-3H3. The van der Waals surface area contributed by atoms with E-state index < -0.39 is 0 Å². The normalized spacial score (nSPS) is 30.5. The molecule has 1 saturated heterocycles. The van der Waals surface area contributed by atoms with E-state index in [2.05, 4.69) is 13.8 Å². The lowest BCUT2D eigenvalue weighted by atomic mass is 9.85. The first-order valence-electron chi connectivity index (χ1n) is 4.45. The Bertz CT molecular complexity index is 156. The van der Waals surface area contributed by atoms with Crippen LogP contribution in [0.5, 0.6) is 0 Å². The molecule has 1 amide bonds. The largest absolute Gasteiger partial charge is 0.342 e.